The number of unbranched alkanes of at least 4 members (excludes halogenated alkanes) is 2. The molecular weight excluding hydrogens is 746 g/mol. The molecule has 0 aromatic heterocycles. The molecule has 0 aliphatic heterocycles. The number of benzene rings is 2. The van der Waals surface area contributed by atoms with Crippen LogP contribution < -0.4 is 0 Å². The first kappa shape index (κ1) is 35.3. The van der Waals surface area contributed by atoms with Gasteiger partial charge in [0.25, 0.3) is 0 Å². The van der Waals surface area contributed by atoms with Gasteiger partial charge in [-0.15, -0.1) is 0 Å². The van der Waals surface area contributed by atoms with E-state index in [1.807, 2.05) is 12.4 Å². The number of hydrogen-bond donors (Lipinski definition) is 2. The molecule has 1 aliphatic carbocycles. The maximum Gasteiger partial charge on any atom is 0.128 e. The van der Waals surface area contributed by atoms with Crippen molar-refractivity contribution in [1.82, 2.24) is 0 Å². The molecule has 1 saturated carbocycles. The fourth-order valence-electron chi connectivity index (χ4n) is 5.71. The molecule has 4 nitrogen and oxygen atoms in total. The summed E-state index contributed by atoms with van der Waals surface area (Å²) in [6.45, 7) is 12.9. The van der Waals surface area contributed by atoms with Crippen molar-refractivity contribution >= 4 is 57.6 Å². The smallest absolute Gasteiger partial charge is 0.128 e. The zero-order chi connectivity index (χ0) is 30.9. The van der Waals surface area contributed by atoms with Gasteiger partial charge in [0.15, 0.2) is 0 Å². The van der Waals surface area contributed by atoms with Crippen LogP contribution in [0.1, 0.15) is 126 Å². The Balaban J connectivity index is 1.90. The van der Waals surface area contributed by atoms with E-state index in [4.69, 9.17) is 9.98 Å². The minimum absolute atomic E-state index is 0.0613. The van der Waals surface area contributed by atoms with E-state index in [-0.39, 0.29) is 22.9 Å². The first-order valence-corrected chi connectivity index (χ1v) is 18.8. The van der Waals surface area contributed by atoms with Crippen LogP contribution in [0, 0.1) is 0 Å². The van der Waals surface area contributed by atoms with E-state index in [2.05, 4.69) is 111 Å². The molecule has 232 valence electrons. The van der Waals surface area contributed by atoms with E-state index in [0.29, 0.717) is 11.5 Å². The second-order valence-corrected chi connectivity index (χ2v) is 16.1. The largest absolute Gasteiger partial charge is 0.507 e. The maximum atomic E-state index is 11.2. The fourth-order valence-corrected chi connectivity index (χ4v) is 6.78. The SMILES string of the molecule is CC(C)(C)c1cc(CCCCI)cc(/C=N/C2CCCCC2/N=C/c2cc(CCCCI)cc(C(C)(C)C)c2O)c1O. The van der Waals surface area contributed by atoms with Gasteiger partial charge in [-0.2, -0.15) is 0 Å². The quantitative estimate of drug-likeness (QED) is 0.0973. The number of phenolic OH excluding ortho intramolecular Hbond substituents is 2. The Morgan fingerprint density at radius 1 is 0.667 bits per heavy atom. The summed E-state index contributed by atoms with van der Waals surface area (Å²) in [6, 6.07) is 8.73. The number of aliphatic imine (C=N–C) groups is 2. The van der Waals surface area contributed by atoms with Crippen LogP contribution >= 0.6 is 45.2 Å². The molecule has 0 radical (unpaired) electrons. The number of aromatic hydroxyl groups is 2. The molecule has 2 atom stereocenters. The summed E-state index contributed by atoms with van der Waals surface area (Å²) < 4.78 is 2.33. The highest BCUT2D eigenvalue weighted by atomic mass is 127. The molecule has 42 heavy (non-hydrogen) atoms. The van der Waals surface area contributed by atoms with E-state index in [1.165, 1.54) is 24.0 Å². The lowest BCUT2D eigenvalue weighted by Crippen LogP contribution is -2.27. The molecule has 0 saturated heterocycles. The van der Waals surface area contributed by atoms with Gasteiger partial charge < -0.3 is 10.2 Å². The molecule has 0 amide bonds. The Morgan fingerprint density at radius 2 is 1.05 bits per heavy atom. The van der Waals surface area contributed by atoms with Gasteiger partial charge >= 0.3 is 0 Å². The molecule has 2 aromatic carbocycles. The molecule has 0 heterocycles. The highest BCUT2D eigenvalue weighted by Gasteiger charge is 2.26. The summed E-state index contributed by atoms with van der Waals surface area (Å²) >= 11 is 4.88. The second kappa shape index (κ2) is 16.2. The van der Waals surface area contributed by atoms with Gasteiger partial charge in [-0.25, -0.2) is 0 Å². The minimum atomic E-state index is -0.151. The van der Waals surface area contributed by atoms with Gasteiger partial charge in [0.1, 0.15) is 11.5 Å². The number of aryl methyl sites for hydroxylation is 2. The predicted molar refractivity (Wildman–Crippen MR) is 198 cm³/mol. The normalized spacial score (nSPS) is 18.4. The first-order valence-electron chi connectivity index (χ1n) is 15.8. The van der Waals surface area contributed by atoms with E-state index < -0.39 is 0 Å². The average Bonchev–Trinajstić information content (AvgIpc) is 2.92. The number of alkyl halides is 2. The molecule has 3 rings (SSSR count). The topological polar surface area (TPSA) is 65.2 Å². The van der Waals surface area contributed by atoms with Crippen LogP contribution in [0.5, 0.6) is 11.5 Å². The van der Waals surface area contributed by atoms with Gasteiger partial charge in [-0.1, -0.05) is 112 Å². The van der Waals surface area contributed by atoms with Gasteiger partial charge in [0.05, 0.1) is 12.1 Å². The second-order valence-electron chi connectivity index (χ2n) is 13.9. The summed E-state index contributed by atoms with van der Waals surface area (Å²) in [5, 5.41) is 22.5. The highest BCUT2D eigenvalue weighted by molar-refractivity contribution is 14.1. The van der Waals surface area contributed by atoms with Crippen molar-refractivity contribution < 1.29 is 10.2 Å². The van der Waals surface area contributed by atoms with Crippen LogP contribution in [0.4, 0.5) is 0 Å². The van der Waals surface area contributed by atoms with Gasteiger partial charge in [-0.05, 0) is 94.3 Å². The Bertz CT molecular complexity index is 1130. The molecule has 2 N–H and O–H groups in total. The fraction of sp³-hybridized carbons (Fsp3) is 0.611. The Morgan fingerprint density at radius 3 is 1.38 bits per heavy atom. The van der Waals surface area contributed by atoms with Crippen molar-refractivity contribution in [3.8, 4) is 11.5 Å². The van der Waals surface area contributed by atoms with Gasteiger partial charge in [0, 0.05) is 34.7 Å². The third-order valence-electron chi connectivity index (χ3n) is 8.22. The monoisotopic (exact) mass is 798 g/mol. The molecular formula is C36H52I2N2O2. The number of phenols is 2. The average molecular weight is 799 g/mol. The molecule has 0 bridgehead atoms. The highest BCUT2D eigenvalue weighted by Crippen LogP contribution is 2.36. The molecule has 2 aromatic rings. The number of rotatable bonds is 12. The zero-order valence-electron chi connectivity index (χ0n) is 26.6. The molecule has 0 spiro atoms. The molecule has 2 unspecified atom stereocenters. The van der Waals surface area contributed by atoms with E-state index in [1.54, 1.807) is 0 Å². The van der Waals surface area contributed by atoms with E-state index in [9.17, 15) is 10.2 Å². The lowest BCUT2D eigenvalue weighted by Gasteiger charge is -2.26. The number of nitrogens with zero attached hydrogens (tertiary/aromatic N) is 2. The van der Waals surface area contributed by atoms with Crippen molar-refractivity contribution in [1.29, 1.82) is 0 Å². The molecule has 1 fully saturated rings. The van der Waals surface area contributed by atoms with Crippen LogP contribution in [0.3, 0.4) is 0 Å². The summed E-state index contributed by atoms with van der Waals surface area (Å²) in [4.78, 5) is 10.1. The van der Waals surface area contributed by atoms with Crippen molar-refractivity contribution in [3.63, 3.8) is 0 Å². The minimum Gasteiger partial charge on any atom is -0.507 e. The summed E-state index contributed by atoms with van der Waals surface area (Å²) in [6.07, 6.45) is 14.8. The maximum absolute atomic E-state index is 11.2. The molecule has 1 aliphatic rings. The Hall–Kier alpha value is -1.16. The van der Waals surface area contributed by atoms with Gasteiger partial charge in [0.2, 0.25) is 0 Å². The lowest BCUT2D eigenvalue weighted by molar-refractivity contribution is 0.390. The Kier molecular flexibility index (Phi) is 13.7. The van der Waals surface area contributed by atoms with Crippen LogP contribution in [0.25, 0.3) is 0 Å². The number of halogens is 2. The summed E-state index contributed by atoms with van der Waals surface area (Å²) in [5.41, 5.74) is 5.83. The van der Waals surface area contributed by atoms with Crippen LogP contribution in [-0.4, -0.2) is 43.6 Å². The van der Waals surface area contributed by atoms with E-state index >= 15 is 0 Å². The third kappa shape index (κ3) is 10.2. The zero-order valence-corrected chi connectivity index (χ0v) is 31.0. The van der Waals surface area contributed by atoms with Crippen LogP contribution in [0.15, 0.2) is 34.3 Å². The molecule has 6 heteroatoms. The van der Waals surface area contributed by atoms with Crippen LogP contribution in [0.2, 0.25) is 0 Å². The van der Waals surface area contributed by atoms with Crippen molar-refractivity contribution in [2.24, 2.45) is 9.98 Å². The van der Waals surface area contributed by atoms with Gasteiger partial charge in [-0.3, -0.25) is 9.98 Å². The van der Waals surface area contributed by atoms with E-state index in [0.717, 1.165) is 82.5 Å². The summed E-state index contributed by atoms with van der Waals surface area (Å²) in [5.74, 6) is 0.692. The van der Waals surface area contributed by atoms with Crippen LogP contribution in [-0.2, 0) is 23.7 Å². The lowest BCUT2D eigenvalue weighted by atomic mass is 9.83. The van der Waals surface area contributed by atoms with Crippen molar-refractivity contribution in [2.75, 3.05) is 8.86 Å². The standard InChI is InChI=1S/C36H52I2N2O2/c1-35(2,3)29-21-25(13-9-11-17-37)19-27(33(29)41)23-39-31-15-7-8-16-32(31)40-24-28-20-26(14-10-12-18-38)22-30(34(28)42)36(4,5)6/h19-24,31-32,41-42H,7-18H2,1-6H3/b39-23+,40-24+. The first-order chi connectivity index (χ1) is 19.8. The third-order valence-corrected chi connectivity index (χ3v) is 9.74. The number of hydrogen-bond acceptors (Lipinski definition) is 4. The van der Waals surface area contributed by atoms with Crippen molar-refractivity contribution in [3.05, 3.63) is 57.6 Å². The Labute approximate surface area is 282 Å². The predicted octanol–water partition coefficient (Wildman–Crippen LogP) is 10.1. The summed E-state index contributed by atoms with van der Waals surface area (Å²) in [7, 11) is 0. The van der Waals surface area contributed by atoms with Crippen molar-refractivity contribution in [2.45, 2.75) is 129 Å².